The van der Waals surface area contributed by atoms with Gasteiger partial charge in [0.2, 0.25) is 0 Å². The molecule has 0 heterocycles. The summed E-state index contributed by atoms with van der Waals surface area (Å²) in [7, 11) is 3.72. The highest BCUT2D eigenvalue weighted by molar-refractivity contribution is 5.82. The molecule has 1 saturated carbocycles. The molecule has 0 aliphatic heterocycles. The third kappa shape index (κ3) is 3.49. The summed E-state index contributed by atoms with van der Waals surface area (Å²) in [6, 6.07) is 7.98. The molecule has 19 heavy (non-hydrogen) atoms. The quantitative estimate of drug-likeness (QED) is 0.834. The minimum absolute atomic E-state index is 0.181. The van der Waals surface area contributed by atoms with E-state index in [0.717, 1.165) is 37.2 Å². The van der Waals surface area contributed by atoms with Crippen LogP contribution in [0.25, 0.3) is 0 Å². The van der Waals surface area contributed by atoms with Crippen LogP contribution in [-0.2, 0) is 4.79 Å². The van der Waals surface area contributed by atoms with Crippen LogP contribution in [0, 0.1) is 11.8 Å². The van der Waals surface area contributed by atoms with Crippen LogP contribution in [-0.4, -0.2) is 26.5 Å². The van der Waals surface area contributed by atoms with Crippen LogP contribution >= 0.6 is 0 Å². The van der Waals surface area contributed by atoms with Crippen LogP contribution < -0.4 is 9.64 Å². The first-order chi connectivity index (χ1) is 9.10. The molecule has 3 nitrogen and oxygen atoms in total. The lowest BCUT2D eigenvalue weighted by Gasteiger charge is -2.30. The number of carbonyl (C=O) groups excluding carboxylic acids is 1. The normalized spacial score (nSPS) is 23.2. The minimum Gasteiger partial charge on any atom is -0.497 e. The lowest BCUT2D eigenvalue weighted by molar-refractivity contribution is -0.125. The summed E-state index contributed by atoms with van der Waals surface area (Å²) in [6.07, 6.45) is 2.82. The molecule has 0 bridgehead atoms. The zero-order valence-electron chi connectivity index (χ0n) is 12.1. The van der Waals surface area contributed by atoms with Crippen LogP contribution in [0.3, 0.4) is 0 Å². The van der Waals surface area contributed by atoms with Crippen LogP contribution in [0.2, 0.25) is 0 Å². The molecule has 1 aliphatic rings. The van der Waals surface area contributed by atoms with Gasteiger partial charge < -0.3 is 9.64 Å². The van der Waals surface area contributed by atoms with E-state index in [-0.39, 0.29) is 5.92 Å². The number of nitrogens with zero attached hydrogens (tertiary/aromatic N) is 1. The van der Waals surface area contributed by atoms with Crippen molar-refractivity contribution in [1.29, 1.82) is 0 Å². The lowest BCUT2D eigenvalue weighted by Crippen LogP contribution is -2.34. The Morgan fingerprint density at radius 1 is 1.42 bits per heavy atom. The van der Waals surface area contributed by atoms with Gasteiger partial charge in [-0.1, -0.05) is 13.0 Å². The van der Waals surface area contributed by atoms with E-state index in [9.17, 15) is 4.79 Å². The molecule has 0 radical (unpaired) electrons. The summed E-state index contributed by atoms with van der Waals surface area (Å²) in [5.41, 5.74) is 1.10. The fourth-order valence-corrected chi connectivity index (χ4v) is 2.79. The van der Waals surface area contributed by atoms with E-state index in [1.54, 1.807) is 7.11 Å². The highest BCUT2D eigenvalue weighted by atomic mass is 16.5. The number of rotatable bonds is 4. The highest BCUT2D eigenvalue weighted by Crippen LogP contribution is 2.28. The summed E-state index contributed by atoms with van der Waals surface area (Å²) < 4.78 is 5.24. The third-order valence-electron chi connectivity index (χ3n) is 4.01. The van der Waals surface area contributed by atoms with Crippen LogP contribution in [0.15, 0.2) is 24.3 Å². The number of benzene rings is 1. The van der Waals surface area contributed by atoms with Crippen LogP contribution in [0.4, 0.5) is 5.69 Å². The Labute approximate surface area is 115 Å². The lowest BCUT2D eigenvalue weighted by atomic mass is 9.81. The highest BCUT2D eigenvalue weighted by Gasteiger charge is 2.27. The predicted molar refractivity (Wildman–Crippen MR) is 77.8 cm³/mol. The van der Waals surface area contributed by atoms with Gasteiger partial charge in [-0.05, 0) is 30.9 Å². The molecular formula is C16H23NO2. The van der Waals surface area contributed by atoms with Crippen LogP contribution in [0.5, 0.6) is 5.75 Å². The van der Waals surface area contributed by atoms with Gasteiger partial charge in [0.25, 0.3) is 0 Å². The number of hydrogen-bond acceptors (Lipinski definition) is 3. The second-order valence-corrected chi connectivity index (χ2v) is 5.62. The van der Waals surface area contributed by atoms with Gasteiger partial charge in [-0.2, -0.15) is 0 Å². The molecular weight excluding hydrogens is 238 g/mol. The average molecular weight is 261 g/mol. The molecule has 0 amide bonds. The van der Waals surface area contributed by atoms with Gasteiger partial charge in [0.1, 0.15) is 11.5 Å². The standard InChI is InChI=1S/C16H23NO2/c1-12-7-8-16(18)13(9-12)11-17(2)14-5-4-6-15(10-14)19-3/h4-6,10,12-13H,7-9,11H2,1-3H3. The molecule has 2 atom stereocenters. The topological polar surface area (TPSA) is 29.5 Å². The van der Waals surface area contributed by atoms with E-state index in [1.165, 1.54) is 0 Å². The van der Waals surface area contributed by atoms with Crippen molar-refractivity contribution in [2.75, 3.05) is 25.6 Å². The second-order valence-electron chi connectivity index (χ2n) is 5.62. The van der Waals surface area contributed by atoms with E-state index < -0.39 is 0 Å². The molecule has 0 saturated heterocycles. The average Bonchev–Trinajstić information content (AvgIpc) is 2.43. The Hall–Kier alpha value is -1.51. The van der Waals surface area contributed by atoms with Gasteiger partial charge in [0.15, 0.2) is 0 Å². The van der Waals surface area contributed by atoms with Crippen molar-refractivity contribution in [3.8, 4) is 5.75 Å². The predicted octanol–water partition coefficient (Wildman–Crippen LogP) is 3.14. The number of ether oxygens (including phenoxy) is 1. The maximum absolute atomic E-state index is 12.0. The Morgan fingerprint density at radius 2 is 2.21 bits per heavy atom. The SMILES string of the molecule is COc1cccc(N(C)CC2CC(C)CCC2=O)c1. The molecule has 2 rings (SSSR count). The van der Waals surface area contributed by atoms with E-state index >= 15 is 0 Å². The summed E-state index contributed by atoms with van der Waals surface area (Å²) >= 11 is 0. The Kier molecular flexibility index (Phi) is 4.46. The summed E-state index contributed by atoms with van der Waals surface area (Å²) in [4.78, 5) is 14.1. The maximum atomic E-state index is 12.0. The molecule has 1 fully saturated rings. The molecule has 1 aromatic carbocycles. The van der Waals surface area contributed by atoms with Gasteiger partial charge in [-0.15, -0.1) is 0 Å². The molecule has 1 aliphatic carbocycles. The summed E-state index contributed by atoms with van der Waals surface area (Å²) in [6.45, 7) is 3.04. The van der Waals surface area contributed by atoms with Crippen molar-refractivity contribution in [3.63, 3.8) is 0 Å². The monoisotopic (exact) mass is 261 g/mol. The van der Waals surface area contributed by atoms with E-state index in [0.29, 0.717) is 11.7 Å². The molecule has 0 N–H and O–H groups in total. The largest absolute Gasteiger partial charge is 0.497 e. The zero-order chi connectivity index (χ0) is 13.8. The summed E-state index contributed by atoms with van der Waals surface area (Å²) in [5.74, 6) is 2.13. The zero-order valence-corrected chi connectivity index (χ0v) is 12.1. The fourth-order valence-electron chi connectivity index (χ4n) is 2.79. The van der Waals surface area contributed by atoms with Crippen molar-refractivity contribution in [2.45, 2.75) is 26.2 Å². The number of hydrogen-bond donors (Lipinski definition) is 0. The third-order valence-corrected chi connectivity index (χ3v) is 4.01. The molecule has 104 valence electrons. The van der Waals surface area contributed by atoms with Crippen molar-refractivity contribution in [1.82, 2.24) is 0 Å². The number of ketones is 1. The molecule has 3 heteroatoms. The molecule has 2 unspecified atom stereocenters. The Morgan fingerprint density at radius 3 is 2.95 bits per heavy atom. The van der Waals surface area contributed by atoms with Crippen molar-refractivity contribution >= 4 is 11.5 Å². The van der Waals surface area contributed by atoms with Gasteiger partial charge in [0.05, 0.1) is 7.11 Å². The number of anilines is 1. The van der Waals surface area contributed by atoms with Crippen molar-refractivity contribution in [3.05, 3.63) is 24.3 Å². The number of methoxy groups -OCH3 is 1. The summed E-state index contributed by atoms with van der Waals surface area (Å²) in [5, 5.41) is 0. The Bertz CT molecular complexity index is 444. The maximum Gasteiger partial charge on any atom is 0.137 e. The number of carbonyl (C=O) groups is 1. The van der Waals surface area contributed by atoms with E-state index in [1.807, 2.05) is 25.2 Å². The first kappa shape index (κ1) is 13.9. The molecule has 0 aromatic heterocycles. The first-order valence-electron chi connectivity index (χ1n) is 6.98. The minimum atomic E-state index is 0.181. The van der Waals surface area contributed by atoms with Crippen LogP contribution in [0.1, 0.15) is 26.2 Å². The molecule has 0 spiro atoms. The van der Waals surface area contributed by atoms with Gasteiger partial charge in [0, 0.05) is 37.7 Å². The second kappa shape index (κ2) is 6.09. The Balaban J connectivity index is 2.03. The first-order valence-corrected chi connectivity index (χ1v) is 6.98. The smallest absolute Gasteiger partial charge is 0.137 e. The van der Waals surface area contributed by atoms with Crippen molar-refractivity contribution in [2.24, 2.45) is 11.8 Å². The fraction of sp³-hybridized carbons (Fsp3) is 0.562. The number of Topliss-reactive ketones (excluding diaryl/α,β-unsaturated/α-hetero) is 1. The van der Waals surface area contributed by atoms with Gasteiger partial charge in [-0.3, -0.25) is 4.79 Å². The van der Waals surface area contributed by atoms with Gasteiger partial charge in [-0.25, -0.2) is 0 Å². The van der Waals surface area contributed by atoms with E-state index in [4.69, 9.17) is 4.74 Å². The van der Waals surface area contributed by atoms with E-state index in [2.05, 4.69) is 17.9 Å². The molecule has 1 aromatic rings. The van der Waals surface area contributed by atoms with Crippen molar-refractivity contribution < 1.29 is 9.53 Å². The van der Waals surface area contributed by atoms with Gasteiger partial charge >= 0.3 is 0 Å².